The van der Waals surface area contributed by atoms with Crippen LogP contribution in [0.1, 0.15) is 88.6 Å². The molecule has 1 amide bonds. The van der Waals surface area contributed by atoms with Crippen molar-refractivity contribution >= 4 is 56.6 Å². The smallest absolute Gasteiger partial charge is 0.390 e. The van der Waals surface area contributed by atoms with Crippen molar-refractivity contribution in [3.05, 3.63) is 65.7 Å². The number of rotatable bonds is 26. The van der Waals surface area contributed by atoms with Gasteiger partial charge < -0.3 is 44.4 Å². The molecule has 2 aromatic rings. The Morgan fingerprint density at radius 2 is 1.40 bits per heavy atom. The van der Waals surface area contributed by atoms with Gasteiger partial charge in [-0.2, -0.15) is 8.62 Å². The summed E-state index contributed by atoms with van der Waals surface area (Å²) in [6, 6.07) is 0. The molecule has 8 atom stereocenters. The maximum absolute atomic E-state index is 12.5. The number of carbonyl (C=O) groups excluding carboxylic acids is 1. The average Bonchev–Trinajstić information content (AvgIpc) is 3.79. The van der Waals surface area contributed by atoms with Crippen LogP contribution in [0.15, 0.2) is 37.6 Å². The first-order valence-corrected chi connectivity index (χ1v) is 25.4. The second-order valence-corrected chi connectivity index (χ2v) is 20.2. The largest absolute Gasteiger partial charge is 0.490 e. The van der Waals surface area contributed by atoms with Gasteiger partial charge in [0.1, 0.15) is 26.4 Å². The first-order valence-electron chi connectivity index (χ1n) is 19.4. The molecule has 27 nitrogen and oxygen atoms in total. The molecule has 4 rings (SSSR count). The van der Waals surface area contributed by atoms with E-state index < -0.39 is 97.8 Å². The highest BCUT2D eigenvalue weighted by Gasteiger charge is 2.42. The van der Waals surface area contributed by atoms with E-state index >= 15 is 0 Å². The Hall–Kier alpha value is -2.97. The van der Waals surface area contributed by atoms with Crippen molar-refractivity contribution in [3.8, 4) is 0 Å². The number of aromatic nitrogens is 4. The van der Waals surface area contributed by atoms with Crippen LogP contribution in [0, 0.1) is 0 Å². The van der Waals surface area contributed by atoms with Crippen LogP contribution < -0.4 is 33.3 Å². The fourth-order valence-corrected chi connectivity index (χ4v) is 10.1. The van der Waals surface area contributed by atoms with Gasteiger partial charge in [-0.05, 0) is 31.1 Å². The summed E-state index contributed by atoms with van der Waals surface area (Å²) >= 11 is 0. The fraction of sp³-hybridized carbons (Fsp3) is 0.645. The fourth-order valence-electron chi connectivity index (χ4n) is 6.27. The Morgan fingerprint density at radius 3 is 2.08 bits per heavy atom. The van der Waals surface area contributed by atoms with Crippen LogP contribution in [0.4, 0.5) is 0 Å². The molecule has 0 spiro atoms. The van der Waals surface area contributed by atoms with Gasteiger partial charge in [-0.1, -0.05) is 44.3 Å². The molecule has 4 heterocycles. The minimum Gasteiger partial charge on any atom is -0.390 e. The number of unbranched alkanes of at least 4 members (excludes halogenated alkanes) is 6. The van der Waals surface area contributed by atoms with Crippen molar-refractivity contribution in [1.82, 2.24) is 24.4 Å². The van der Waals surface area contributed by atoms with Crippen LogP contribution in [-0.2, 0) is 54.7 Å². The van der Waals surface area contributed by atoms with Crippen LogP contribution in [-0.4, -0.2) is 107 Å². The van der Waals surface area contributed by atoms with Crippen LogP contribution in [0.2, 0.25) is 0 Å². The molecule has 2 aromatic heterocycles. The Bertz CT molecular complexity index is 2350. The van der Waals surface area contributed by atoms with Gasteiger partial charge in [-0.15, -0.1) is 0 Å². The van der Waals surface area contributed by atoms with Gasteiger partial charge in [0, 0.05) is 31.8 Å². The summed E-state index contributed by atoms with van der Waals surface area (Å²) in [6.07, 6.45) is 6.15. The lowest BCUT2D eigenvalue weighted by atomic mass is 10.0. The zero-order valence-electron chi connectivity index (χ0n) is 33.7. The molecule has 2 fully saturated rings. The predicted molar refractivity (Wildman–Crippen MR) is 219 cm³/mol. The maximum Gasteiger partial charge on any atom is 0.490 e. The molecule has 63 heavy (non-hydrogen) atoms. The first-order chi connectivity index (χ1) is 29.4. The third kappa shape index (κ3) is 18.1. The van der Waals surface area contributed by atoms with Crippen LogP contribution in [0.25, 0.3) is 6.08 Å². The summed E-state index contributed by atoms with van der Waals surface area (Å²) in [5.74, 6) is -0.221. The number of phosphoric acid groups is 4. The number of aliphatic hydroxyl groups is 1. The Morgan fingerprint density at radius 1 is 0.778 bits per heavy atom. The van der Waals surface area contributed by atoms with E-state index in [1.54, 1.807) is 0 Å². The van der Waals surface area contributed by atoms with Crippen molar-refractivity contribution in [2.45, 2.75) is 101 Å². The van der Waals surface area contributed by atoms with E-state index in [0.29, 0.717) is 19.3 Å². The third-order valence-electron chi connectivity index (χ3n) is 9.31. The minimum absolute atomic E-state index is 0.00395. The highest BCUT2D eigenvalue weighted by atomic mass is 31.3. The first kappa shape index (κ1) is 52.7. The molecule has 9 N–H and O–H groups in total. The van der Waals surface area contributed by atoms with Crippen LogP contribution in [0.3, 0.4) is 0 Å². The SMILES string of the molecule is Bc1cn(C2CC(O)C(COP(=O)(O)OCCCCCCCCCC(=O)NC/C=C/c3cn(C4CCC(COP(=O)(O)OP(=O)(O)OP(=O)(O)O)O4)c(=O)[nH]c3=O)O2)c(=O)[nH]c1=O. The van der Waals surface area contributed by atoms with Gasteiger partial charge in [0.2, 0.25) is 11.5 Å². The Kier molecular flexibility index (Phi) is 19.6. The molecule has 0 saturated carbocycles. The van der Waals surface area contributed by atoms with Crippen molar-refractivity contribution in [2.24, 2.45) is 0 Å². The predicted octanol–water partition coefficient (Wildman–Crippen LogP) is -0.602. The average molecular weight is 979 g/mol. The van der Waals surface area contributed by atoms with Crippen LogP contribution >= 0.6 is 31.3 Å². The van der Waals surface area contributed by atoms with Crippen molar-refractivity contribution in [1.29, 1.82) is 0 Å². The van der Waals surface area contributed by atoms with Gasteiger partial charge >= 0.3 is 42.7 Å². The van der Waals surface area contributed by atoms with Crippen molar-refractivity contribution in [3.63, 3.8) is 0 Å². The molecular weight excluding hydrogens is 929 g/mol. The number of hydrogen-bond donors (Lipinski definition) is 9. The number of carbonyl (C=O) groups is 1. The lowest BCUT2D eigenvalue weighted by Crippen LogP contribution is -2.41. The zero-order valence-corrected chi connectivity index (χ0v) is 37.3. The normalized spacial score (nSPS) is 23.4. The highest BCUT2D eigenvalue weighted by molar-refractivity contribution is 7.66. The molecule has 8 unspecified atom stereocenters. The molecule has 354 valence electrons. The van der Waals surface area contributed by atoms with Gasteiger partial charge in [0.05, 0.1) is 37.6 Å². The van der Waals surface area contributed by atoms with Gasteiger partial charge in [0.25, 0.3) is 5.56 Å². The quantitative estimate of drug-likeness (QED) is 0.0323. The third-order valence-corrected chi connectivity index (χ3v) is 14.1. The summed E-state index contributed by atoms with van der Waals surface area (Å²) in [5.41, 5.74) is -2.51. The van der Waals surface area contributed by atoms with Crippen molar-refractivity contribution < 1.29 is 84.3 Å². The molecular formula is C31H50BN5O22P4. The number of hydrogen-bond acceptors (Lipinski definition) is 17. The molecule has 0 bridgehead atoms. The standard InChI is InChI=1S/C31H50BN5O22P4/c32-22-17-37(31(43)35-29(22)41)27-15-23(38)24(57-27)19-55-61(47,48)53-14-7-5-3-1-2-4-6-10-25(39)33-13-8-9-20-16-36(30(42)34-28(20)40)26-12-11-21(56-26)18-54-62(49,50)59-63(51,52)58-60(44,45)46/h8-9,16-17,21,23-24,26-27,38H,1-7,10-15,18-19,32H2,(H,33,39)(H,47,48)(H,49,50)(H,51,52)(H,34,40,42)(H,35,41,43)(H2,44,45,46)/b9-8+. The second kappa shape index (κ2) is 23.5. The minimum atomic E-state index is -5.70. The number of aliphatic hydroxyl groups excluding tert-OH is 1. The van der Waals surface area contributed by atoms with Gasteiger partial charge in [-0.25, -0.2) is 27.8 Å². The molecule has 0 aromatic carbocycles. The van der Waals surface area contributed by atoms with Gasteiger partial charge in [0.15, 0.2) is 0 Å². The topological polar surface area (TPSA) is 393 Å². The van der Waals surface area contributed by atoms with E-state index in [-0.39, 0.29) is 55.8 Å². The summed E-state index contributed by atoms with van der Waals surface area (Å²) < 4.78 is 81.9. The number of aromatic amines is 2. The van der Waals surface area contributed by atoms with E-state index in [9.17, 15) is 62.0 Å². The number of nitrogens with one attached hydrogen (secondary N) is 3. The molecule has 2 aliphatic rings. The lowest BCUT2D eigenvalue weighted by molar-refractivity contribution is -0.121. The van der Waals surface area contributed by atoms with E-state index in [1.165, 1.54) is 32.4 Å². The summed E-state index contributed by atoms with van der Waals surface area (Å²) in [6.45, 7) is -1.14. The Balaban J connectivity index is 1.05. The van der Waals surface area contributed by atoms with Crippen molar-refractivity contribution in [2.75, 3.05) is 26.4 Å². The number of nitrogens with zero attached hydrogens (tertiary/aromatic N) is 2. The number of ether oxygens (including phenoxy) is 2. The molecule has 2 saturated heterocycles. The molecule has 0 aliphatic carbocycles. The summed E-state index contributed by atoms with van der Waals surface area (Å²) in [4.78, 5) is 111. The maximum atomic E-state index is 12.5. The van der Waals surface area contributed by atoms with Gasteiger partial charge in [-0.3, -0.25) is 47.1 Å². The molecule has 0 radical (unpaired) electrons. The van der Waals surface area contributed by atoms with Crippen LogP contribution in [0.5, 0.6) is 0 Å². The highest BCUT2D eigenvalue weighted by Crippen LogP contribution is 2.66. The monoisotopic (exact) mass is 979 g/mol. The molecule has 32 heteroatoms. The number of phosphoric ester groups is 2. The number of amides is 1. The molecule has 2 aliphatic heterocycles. The van der Waals surface area contributed by atoms with E-state index in [0.717, 1.165) is 34.8 Å². The Labute approximate surface area is 358 Å². The lowest BCUT2D eigenvalue weighted by Gasteiger charge is -2.19. The van der Waals surface area contributed by atoms with E-state index in [4.69, 9.17) is 28.3 Å². The summed E-state index contributed by atoms with van der Waals surface area (Å²) in [7, 11) is -19.6. The van der Waals surface area contributed by atoms with E-state index in [1.807, 2.05) is 0 Å². The zero-order chi connectivity index (χ0) is 46.6. The van der Waals surface area contributed by atoms with E-state index in [2.05, 4.69) is 28.4 Å². The number of H-pyrrole nitrogens is 2. The second-order valence-electron chi connectivity index (χ2n) is 14.4. The summed E-state index contributed by atoms with van der Waals surface area (Å²) in [5, 5.41) is 13.0.